The molecule has 75 heavy (non-hydrogen) atoms. The molecule has 1 saturated heterocycles. The fourth-order valence-corrected chi connectivity index (χ4v) is 8.50. The van der Waals surface area contributed by atoms with Gasteiger partial charge in [-0.1, -0.05) is 30.6 Å². The first-order valence-corrected chi connectivity index (χ1v) is 24.1. The van der Waals surface area contributed by atoms with E-state index in [2.05, 4.69) is 56.0 Å². The number of nitrogens with zero attached hydrogens (tertiary/aromatic N) is 10. The van der Waals surface area contributed by atoms with Gasteiger partial charge in [0.2, 0.25) is 0 Å². The molecule has 0 saturated carbocycles. The Morgan fingerprint density at radius 2 is 1.09 bits per heavy atom. The van der Waals surface area contributed by atoms with E-state index < -0.39 is 18.8 Å². The van der Waals surface area contributed by atoms with Gasteiger partial charge in [-0.05, 0) is 140 Å². The molecule has 0 unspecified atom stereocenters. The molecule has 2 aromatic carbocycles. The van der Waals surface area contributed by atoms with E-state index in [0.29, 0.717) is 60.0 Å². The molecule has 21 heteroatoms. The normalized spacial score (nSPS) is 13.4. The zero-order valence-corrected chi connectivity index (χ0v) is 43.8. The van der Waals surface area contributed by atoms with Gasteiger partial charge < -0.3 is 20.8 Å². The summed E-state index contributed by atoms with van der Waals surface area (Å²) < 4.78 is 60.3. The van der Waals surface area contributed by atoms with E-state index in [1.807, 2.05) is 96.6 Å². The predicted molar refractivity (Wildman–Crippen MR) is 298 cm³/mol. The second-order valence-electron chi connectivity index (χ2n) is 17.8. The molecule has 9 heterocycles. The van der Waals surface area contributed by atoms with Crippen molar-refractivity contribution in [3.05, 3.63) is 161 Å². The van der Waals surface area contributed by atoms with E-state index in [1.54, 1.807) is 64.7 Å². The van der Waals surface area contributed by atoms with Crippen LogP contribution in [0.15, 0.2) is 139 Å². The lowest BCUT2D eigenvalue weighted by Crippen LogP contribution is -2.41. The van der Waals surface area contributed by atoms with Crippen molar-refractivity contribution in [1.29, 1.82) is 0 Å². The lowest BCUT2D eigenvalue weighted by Gasteiger charge is -2.32. The molecule has 0 bridgehead atoms. The lowest BCUT2D eigenvalue weighted by molar-refractivity contribution is 0.00578. The smallest absolute Gasteiger partial charge is 0.399 e. The van der Waals surface area contributed by atoms with Crippen LogP contribution in [0.3, 0.4) is 0 Å². The third kappa shape index (κ3) is 12.1. The molecular weight excluding hydrogens is 1070 g/mol. The van der Waals surface area contributed by atoms with Gasteiger partial charge in [-0.15, -0.1) is 0 Å². The van der Waals surface area contributed by atoms with Gasteiger partial charge in [-0.2, -0.15) is 10.2 Å². The number of nitrogens with two attached hydrogens (primary N) is 2. The highest BCUT2D eigenvalue weighted by atomic mass is 79.9. The summed E-state index contributed by atoms with van der Waals surface area (Å²) >= 11 is 15.5. The molecule has 0 amide bonds. The molecule has 1 aliphatic heterocycles. The van der Waals surface area contributed by atoms with Gasteiger partial charge in [0.1, 0.15) is 23.3 Å². The Labute approximate surface area is 452 Å². The van der Waals surface area contributed by atoms with Crippen molar-refractivity contribution >= 4 is 85.4 Å². The molecule has 8 aromatic heterocycles. The van der Waals surface area contributed by atoms with Crippen LogP contribution >= 0.6 is 39.1 Å². The average molecular weight is 1120 g/mol. The summed E-state index contributed by atoms with van der Waals surface area (Å²) in [5, 5.41) is 10.8. The maximum atomic E-state index is 14.6. The molecule has 0 aliphatic carbocycles. The van der Waals surface area contributed by atoms with Crippen molar-refractivity contribution in [3.63, 3.8) is 0 Å². The highest BCUT2D eigenvalue weighted by molar-refractivity contribution is 9.10. The number of nitrogen functional groups attached to an aromatic ring is 2. The summed E-state index contributed by atoms with van der Waals surface area (Å²) in [5.74, 6) is -0.0231. The first kappa shape index (κ1) is 54.0. The Balaban J connectivity index is 0.000000169. The van der Waals surface area contributed by atoms with Crippen LogP contribution in [0.25, 0.3) is 78.0 Å². The summed E-state index contributed by atoms with van der Waals surface area (Å²) in [6.07, 6.45) is 14.0. The van der Waals surface area contributed by atoms with Crippen molar-refractivity contribution in [1.82, 2.24) is 49.5 Å². The Hall–Kier alpha value is -7.29. The maximum Gasteiger partial charge on any atom is 0.498 e. The van der Waals surface area contributed by atoms with Gasteiger partial charge in [-0.3, -0.25) is 13.8 Å². The van der Waals surface area contributed by atoms with Crippen molar-refractivity contribution < 1.29 is 23.9 Å². The van der Waals surface area contributed by atoms with Gasteiger partial charge in [0, 0.05) is 117 Å². The van der Waals surface area contributed by atoms with Crippen molar-refractivity contribution in [2.24, 2.45) is 14.1 Å². The van der Waals surface area contributed by atoms with Crippen LogP contribution in [0.5, 0.6) is 0 Å². The minimum absolute atomic E-state index is 0. The Morgan fingerprint density at radius 1 is 0.613 bits per heavy atom. The van der Waals surface area contributed by atoms with Crippen molar-refractivity contribution in [2.45, 2.75) is 46.3 Å². The van der Waals surface area contributed by atoms with Crippen LogP contribution in [-0.2, 0) is 23.4 Å². The van der Waals surface area contributed by atoms with Crippen LogP contribution in [-0.4, -0.2) is 74.9 Å². The van der Waals surface area contributed by atoms with Crippen LogP contribution in [0.2, 0.25) is 10.0 Å². The van der Waals surface area contributed by atoms with Gasteiger partial charge in [-0.25, -0.2) is 38.7 Å². The molecule has 1 fully saturated rings. The Kier molecular flexibility index (Phi) is 16.6. The fourth-order valence-electron chi connectivity index (χ4n) is 7.81. The Bertz CT molecular complexity index is 3690. The summed E-state index contributed by atoms with van der Waals surface area (Å²) in [4.78, 5) is 26.4. The maximum absolute atomic E-state index is 14.6. The molecule has 0 spiro atoms. The van der Waals surface area contributed by atoms with Crippen LogP contribution in [0, 0.1) is 11.6 Å². The Morgan fingerprint density at radius 3 is 1.56 bits per heavy atom. The number of alkyl halides is 1. The summed E-state index contributed by atoms with van der Waals surface area (Å²) in [5.41, 5.74) is 19.7. The number of hydrogen-bond acceptors (Lipinski definition) is 12. The molecule has 0 atom stereocenters. The first-order chi connectivity index (χ1) is 35.7. The number of aromatic nitrogens is 10. The summed E-state index contributed by atoms with van der Waals surface area (Å²) in [6, 6.07) is 23.7. The minimum atomic E-state index is -1.00. The van der Waals surface area contributed by atoms with E-state index >= 15 is 0 Å². The molecule has 4 N–H and O–H groups in total. The minimum Gasteiger partial charge on any atom is -0.399 e. The summed E-state index contributed by atoms with van der Waals surface area (Å²) in [6.45, 7) is 8.18. The van der Waals surface area contributed by atoms with E-state index in [9.17, 15) is 13.2 Å². The number of fused-ring (bicyclic) bond motifs is 2. The fraction of sp³-hybridized carbons (Fsp3) is 0.185. The van der Waals surface area contributed by atoms with Crippen molar-refractivity contribution in [3.8, 4) is 55.9 Å². The monoisotopic (exact) mass is 1120 g/mol. The average Bonchev–Trinajstić information content (AvgIpc) is 4.09. The van der Waals surface area contributed by atoms with Crippen molar-refractivity contribution in [2.75, 3.05) is 18.6 Å². The largest absolute Gasteiger partial charge is 0.498 e. The predicted octanol–water partition coefficient (Wildman–Crippen LogP) is 12.6. The third-order valence-corrected chi connectivity index (χ3v) is 13.4. The lowest BCUT2D eigenvalue weighted by atomic mass is 9.82. The van der Waals surface area contributed by atoms with Crippen LogP contribution in [0.4, 0.5) is 24.8 Å². The van der Waals surface area contributed by atoms with Gasteiger partial charge >= 0.3 is 7.12 Å². The van der Waals surface area contributed by atoms with E-state index in [-0.39, 0.29) is 25.7 Å². The quantitative estimate of drug-likeness (QED) is 0.150. The molecule has 11 rings (SSSR count). The molecular formula is C54H51BBrCl2F3N12O2. The SMILES string of the molecule is C.Cn1cc(-c2cc(-c3cc(-c4cc(Cl)ccc4F)nc4ncccc34)cnc2N)cn1.Cn1cc(B2OC(C)(C)C(C)(C)O2)cn1.Nc1ncc(-c2cc(-c3cc(Cl)ccc3F)nc3ncccc23)cc1Br.[2H]CF. The number of hydrogen-bond donors (Lipinski definition) is 2. The van der Waals surface area contributed by atoms with Crippen LogP contribution in [0.1, 0.15) is 36.5 Å². The second-order valence-corrected chi connectivity index (χ2v) is 19.5. The number of aryl methyl sites for hydroxylation is 2. The highest BCUT2D eigenvalue weighted by Crippen LogP contribution is 2.39. The van der Waals surface area contributed by atoms with Gasteiger partial charge in [0.25, 0.3) is 0 Å². The molecule has 14 nitrogen and oxygen atoms in total. The van der Waals surface area contributed by atoms with E-state index in [4.69, 9.17) is 45.3 Å². The van der Waals surface area contributed by atoms with Gasteiger partial charge in [0.15, 0.2) is 11.3 Å². The summed E-state index contributed by atoms with van der Waals surface area (Å²) in [7, 11) is 2.42. The third-order valence-electron chi connectivity index (χ3n) is 12.3. The molecule has 10 aromatic rings. The van der Waals surface area contributed by atoms with E-state index in [1.165, 1.54) is 24.3 Å². The zero-order chi connectivity index (χ0) is 53.8. The number of rotatable bonds is 6. The highest BCUT2D eigenvalue weighted by Gasteiger charge is 2.52. The first-order valence-electron chi connectivity index (χ1n) is 23.2. The number of pyridine rings is 6. The van der Waals surface area contributed by atoms with Gasteiger partial charge in [0.05, 0.1) is 41.8 Å². The molecule has 384 valence electrons. The number of benzene rings is 2. The second kappa shape index (κ2) is 23.1. The topological polar surface area (TPSA) is 183 Å². The molecule has 1 aliphatic rings. The number of halogens is 6. The van der Waals surface area contributed by atoms with E-state index in [0.717, 1.165) is 49.6 Å². The molecule has 0 radical (unpaired) electrons. The van der Waals surface area contributed by atoms with Crippen LogP contribution < -0.4 is 16.9 Å². The standard InChI is InChI=1S/C23H16ClFN6.C19H11BrClFN4.C10H17BN2O2.CH3F.CH4/c1-31-12-14(11-29-31)18-7-13(10-28-22(18)26)17-9-21(19-8-15(24)4-5-20(19)25)30-23-16(17)3-2-6-27-23;20-15-6-10(9-25-18(15)23)13-8-17(14-7-11(21)3-4-16(14)22)26-19-12(13)2-1-5-24-19;1-9(2)10(3,4)15-11(14-9)8-6-12-13(5)7-8;1-2;/h2-12H,1H3,(H2,26,28);1-9H,(H2,23,25);6-7H,1-5H3;1H3;1H4/i;;;1D;. The zero-order valence-electron chi connectivity index (χ0n) is 41.7. The number of anilines is 2.